The Morgan fingerprint density at radius 1 is 1.29 bits per heavy atom. The third-order valence-electron chi connectivity index (χ3n) is 8.71. The number of hydrogen-bond donors (Lipinski definition) is 4. The third-order valence-corrected chi connectivity index (χ3v) is 8.71. The summed E-state index contributed by atoms with van der Waals surface area (Å²) in [5.41, 5.74) is -1.40. The molecule has 0 bridgehead atoms. The maximum atomic E-state index is 13.9. The van der Waals surface area contributed by atoms with Crippen molar-refractivity contribution in [2.45, 2.75) is 64.4 Å². The molecule has 11 nitrogen and oxygen atoms in total. The Morgan fingerprint density at radius 2 is 1.97 bits per heavy atom. The lowest BCUT2D eigenvalue weighted by atomic mass is 9.53. The molecule has 4 N–H and O–H groups in total. The first-order chi connectivity index (χ1) is 17.8. The van der Waals surface area contributed by atoms with Crippen molar-refractivity contribution < 1.29 is 49.0 Å². The molecule has 1 heterocycles. The van der Waals surface area contributed by atoms with E-state index in [1.165, 1.54) is 25.1 Å². The number of rotatable bonds is 7. The van der Waals surface area contributed by atoms with Gasteiger partial charge in [0, 0.05) is 50.4 Å². The van der Waals surface area contributed by atoms with E-state index >= 15 is 0 Å². The van der Waals surface area contributed by atoms with E-state index < -0.39 is 71.3 Å². The van der Waals surface area contributed by atoms with Crippen LogP contribution in [0, 0.1) is 16.7 Å². The van der Waals surface area contributed by atoms with E-state index in [1.807, 2.05) is 6.92 Å². The van der Waals surface area contributed by atoms with Gasteiger partial charge in [0.05, 0.1) is 36.4 Å². The maximum Gasteiger partial charge on any atom is 0.340 e. The summed E-state index contributed by atoms with van der Waals surface area (Å²) in [7, 11) is 3.01. The Balaban J connectivity index is 1.97. The topological polar surface area (TPSA) is 163 Å². The van der Waals surface area contributed by atoms with Crippen molar-refractivity contribution in [1.29, 1.82) is 0 Å². The molecule has 11 heteroatoms. The standard InChI is InChI=1S/C27H37NO10/c1-13(30)37-17-8-26(2)16(6-7-18(26)32)20-22(17)27(3)19(12-36-5)38-25(35)15(21(27)24(34)23(20)33)10-28(4)9-14(31)11-29/h10,14,16-19,29,31-32,34H,6-9,11-12H2,1-5H3/b15-10-. The molecule has 1 saturated heterocycles. The number of Topliss-reactive ketones (excluding diaryl/α,β-unsaturated/α-hetero) is 1. The summed E-state index contributed by atoms with van der Waals surface area (Å²) in [4.78, 5) is 40.9. The van der Waals surface area contributed by atoms with E-state index in [-0.39, 0.29) is 36.3 Å². The normalized spacial score (nSPS) is 36.5. The lowest BCUT2D eigenvalue weighted by molar-refractivity contribution is -0.161. The van der Waals surface area contributed by atoms with Crippen molar-refractivity contribution in [3.8, 4) is 0 Å². The quantitative estimate of drug-likeness (QED) is 0.266. The highest BCUT2D eigenvalue weighted by atomic mass is 16.6. The highest BCUT2D eigenvalue weighted by Gasteiger charge is 2.64. The van der Waals surface area contributed by atoms with Crippen molar-refractivity contribution in [1.82, 2.24) is 4.90 Å². The fourth-order valence-corrected chi connectivity index (χ4v) is 6.94. The van der Waals surface area contributed by atoms with Crippen LogP contribution in [-0.4, -0.2) is 101 Å². The van der Waals surface area contributed by atoms with E-state index in [0.717, 1.165) is 0 Å². The Kier molecular flexibility index (Phi) is 7.52. The summed E-state index contributed by atoms with van der Waals surface area (Å²) >= 11 is 0. The van der Waals surface area contributed by atoms with Gasteiger partial charge < -0.3 is 39.5 Å². The lowest BCUT2D eigenvalue weighted by Gasteiger charge is -2.54. The van der Waals surface area contributed by atoms with Gasteiger partial charge in [-0.25, -0.2) is 4.79 Å². The number of allylic oxidation sites excluding steroid dienone is 1. The SMILES string of the molecule is COCC1OC(=O)/C(=C\N(C)CC(O)CO)C2=C(O)C(=O)C3=C(C(OC(C)=O)CC4(C)C(O)CCC34)C21C. The fraction of sp³-hybridized carbons (Fsp3) is 0.667. The minimum atomic E-state index is -1.31. The molecule has 3 aliphatic carbocycles. The van der Waals surface area contributed by atoms with Gasteiger partial charge in [0.2, 0.25) is 5.78 Å². The van der Waals surface area contributed by atoms with E-state index in [1.54, 1.807) is 14.0 Å². The molecule has 4 rings (SSSR count). The number of methoxy groups -OCH3 is 1. The van der Waals surface area contributed by atoms with Crippen LogP contribution in [0.25, 0.3) is 0 Å². The number of hydrogen-bond acceptors (Lipinski definition) is 11. The van der Waals surface area contributed by atoms with Crippen molar-refractivity contribution in [2.24, 2.45) is 16.7 Å². The van der Waals surface area contributed by atoms with Crippen molar-refractivity contribution >= 4 is 17.7 Å². The van der Waals surface area contributed by atoms with Gasteiger partial charge in [-0.3, -0.25) is 9.59 Å². The molecule has 7 atom stereocenters. The molecular formula is C27H37NO10. The number of carbonyl (C=O) groups is 3. The summed E-state index contributed by atoms with van der Waals surface area (Å²) in [5.74, 6) is -3.06. The average Bonchev–Trinajstić information content (AvgIpc) is 3.13. The largest absolute Gasteiger partial charge is 0.504 e. The van der Waals surface area contributed by atoms with Gasteiger partial charge in [0.1, 0.15) is 12.2 Å². The molecule has 0 aromatic heterocycles. The molecular weight excluding hydrogens is 498 g/mol. The van der Waals surface area contributed by atoms with E-state index in [4.69, 9.17) is 14.2 Å². The number of likely N-dealkylation sites (N-methyl/N-ethyl adjacent to an activating group) is 1. The van der Waals surface area contributed by atoms with Crippen molar-refractivity contribution in [3.05, 3.63) is 34.3 Å². The van der Waals surface area contributed by atoms with Gasteiger partial charge in [-0.1, -0.05) is 6.92 Å². The van der Waals surface area contributed by atoms with Gasteiger partial charge in [-0.05, 0) is 37.7 Å². The van der Waals surface area contributed by atoms with Crippen LogP contribution in [0.2, 0.25) is 0 Å². The highest BCUT2D eigenvalue weighted by Crippen LogP contribution is 2.63. The number of esters is 2. The third kappa shape index (κ3) is 4.25. The van der Waals surface area contributed by atoms with Crippen LogP contribution in [0.1, 0.15) is 40.0 Å². The minimum Gasteiger partial charge on any atom is -0.504 e. The second-order valence-corrected chi connectivity index (χ2v) is 11.2. The van der Waals surface area contributed by atoms with E-state index in [9.17, 15) is 34.8 Å². The number of aliphatic hydroxyl groups is 4. The van der Waals surface area contributed by atoms with E-state index in [2.05, 4.69) is 0 Å². The molecule has 1 aliphatic heterocycles. The monoisotopic (exact) mass is 535 g/mol. The van der Waals surface area contributed by atoms with Crippen LogP contribution in [0.5, 0.6) is 0 Å². The second-order valence-electron chi connectivity index (χ2n) is 11.2. The molecule has 0 aromatic rings. The predicted octanol–water partition coefficient (Wildman–Crippen LogP) is 0.537. The molecule has 0 spiro atoms. The second kappa shape index (κ2) is 10.1. The van der Waals surface area contributed by atoms with Gasteiger partial charge >= 0.3 is 11.9 Å². The number of fused-ring (bicyclic) bond motifs is 4. The first-order valence-electron chi connectivity index (χ1n) is 12.8. The summed E-state index contributed by atoms with van der Waals surface area (Å²) in [5, 5.41) is 41.4. The first kappa shape index (κ1) is 28.3. The number of aliphatic hydroxyl groups excluding tert-OH is 4. The summed E-state index contributed by atoms with van der Waals surface area (Å²) < 4.78 is 17.0. The average molecular weight is 536 g/mol. The molecule has 38 heavy (non-hydrogen) atoms. The van der Waals surface area contributed by atoms with Crippen LogP contribution in [0.15, 0.2) is 34.3 Å². The van der Waals surface area contributed by atoms with Gasteiger partial charge in [-0.2, -0.15) is 0 Å². The summed E-state index contributed by atoms with van der Waals surface area (Å²) in [6.45, 7) is 4.27. The zero-order chi connectivity index (χ0) is 28.2. The number of cyclic esters (lactones) is 1. The number of carbonyl (C=O) groups excluding carboxylic acids is 3. The fourth-order valence-electron chi connectivity index (χ4n) is 6.94. The van der Waals surface area contributed by atoms with Crippen molar-refractivity contribution in [3.63, 3.8) is 0 Å². The van der Waals surface area contributed by atoms with Gasteiger partial charge in [0.15, 0.2) is 5.76 Å². The maximum absolute atomic E-state index is 13.9. The molecule has 2 fully saturated rings. The number of ketones is 1. The van der Waals surface area contributed by atoms with E-state index in [0.29, 0.717) is 18.4 Å². The van der Waals surface area contributed by atoms with Gasteiger partial charge in [0.25, 0.3) is 0 Å². The zero-order valence-electron chi connectivity index (χ0n) is 22.4. The number of nitrogens with zero attached hydrogens (tertiary/aromatic N) is 1. The van der Waals surface area contributed by atoms with Crippen LogP contribution in [-0.2, 0) is 28.6 Å². The summed E-state index contributed by atoms with van der Waals surface area (Å²) in [6.07, 6.45) is -1.13. The minimum absolute atomic E-state index is 0.0317. The molecule has 1 saturated carbocycles. The van der Waals surface area contributed by atoms with Crippen LogP contribution in [0.3, 0.4) is 0 Å². The molecule has 0 amide bonds. The lowest BCUT2D eigenvalue weighted by Crippen LogP contribution is -2.57. The van der Waals surface area contributed by atoms with Gasteiger partial charge in [-0.15, -0.1) is 0 Å². The van der Waals surface area contributed by atoms with Crippen LogP contribution < -0.4 is 0 Å². The predicted molar refractivity (Wildman–Crippen MR) is 132 cm³/mol. The molecule has 7 unspecified atom stereocenters. The Labute approximate surface area is 221 Å². The Hall–Kier alpha value is -2.73. The molecule has 0 aromatic carbocycles. The Bertz CT molecular complexity index is 1120. The number of ether oxygens (including phenoxy) is 3. The first-order valence-corrected chi connectivity index (χ1v) is 12.8. The smallest absolute Gasteiger partial charge is 0.340 e. The molecule has 210 valence electrons. The highest BCUT2D eigenvalue weighted by molar-refractivity contribution is 6.13. The van der Waals surface area contributed by atoms with Crippen LogP contribution in [0.4, 0.5) is 0 Å². The molecule has 0 radical (unpaired) electrons. The van der Waals surface area contributed by atoms with Crippen molar-refractivity contribution in [2.75, 3.05) is 33.9 Å². The Morgan fingerprint density at radius 3 is 2.58 bits per heavy atom. The van der Waals surface area contributed by atoms with Crippen LogP contribution >= 0.6 is 0 Å². The summed E-state index contributed by atoms with van der Waals surface area (Å²) in [6, 6.07) is 0. The zero-order valence-corrected chi connectivity index (χ0v) is 22.4. The molecule has 4 aliphatic rings.